The molecule has 3 aromatic rings. The average Bonchev–Trinajstić information content (AvgIpc) is 3.51. The van der Waals surface area contributed by atoms with Crippen molar-refractivity contribution in [1.82, 2.24) is 14.9 Å². The lowest BCUT2D eigenvalue weighted by molar-refractivity contribution is 0.00460. The van der Waals surface area contributed by atoms with Crippen LogP contribution >= 0.6 is 11.3 Å². The maximum absolute atomic E-state index is 5.70. The van der Waals surface area contributed by atoms with Gasteiger partial charge in [0.1, 0.15) is 17.9 Å². The molecule has 2 aromatic heterocycles. The number of nitrogens with zero attached hydrogens (tertiary/aromatic N) is 3. The van der Waals surface area contributed by atoms with Crippen LogP contribution in [-0.2, 0) is 9.47 Å². The van der Waals surface area contributed by atoms with Crippen LogP contribution in [0.5, 0.6) is 5.75 Å². The number of thiophene rings is 1. The van der Waals surface area contributed by atoms with Gasteiger partial charge in [0.2, 0.25) is 0 Å². The number of methoxy groups -OCH3 is 1. The van der Waals surface area contributed by atoms with Crippen LogP contribution in [0.3, 0.4) is 0 Å². The topological polar surface area (TPSA) is 68.7 Å². The molecule has 0 bridgehead atoms. The maximum atomic E-state index is 5.70. The molecule has 8 heteroatoms. The summed E-state index contributed by atoms with van der Waals surface area (Å²) < 4.78 is 17.6. The summed E-state index contributed by atoms with van der Waals surface area (Å²) in [7, 11) is 1.68. The van der Waals surface area contributed by atoms with Gasteiger partial charge < -0.3 is 19.5 Å². The van der Waals surface area contributed by atoms with Gasteiger partial charge in [-0.1, -0.05) is 0 Å². The molecule has 0 saturated carbocycles. The highest BCUT2D eigenvalue weighted by atomic mass is 32.1. The second-order valence-corrected chi connectivity index (χ2v) is 9.05. The van der Waals surface area contributed by atoms with Crippen molar-refractivity contribution in [3.05, 3.63) is 36.7 Å². The molecule has 31 heavy (non-hydrogen) atoms. The molecular formula is C23H28N4O3S. The monoisotopic (exact) mass is 440 g/mol. The molecular weight excluding hydrogens is 412 g/mol. The number of morpholine rings is 1. The molecule has 5 rings (SSSR count). The molecule has 1 aromatic carbocycles. The molecule has 2 aliphatic heterocycles. The lowest BCUT2D eigenvalue weighted by Crippen LogP contribution is -2.50. The van der Waals surface area contributed by atoms with Crippen molar-refractivity contribution in [1.29, 1.82) is 0 Å². The van der Waals surface area contributed by atoms with E-state index in [0.29, 0.717) is 12.0 Å². The Hall–Kier alpha value is -2.26. The highest BCUT2D eigenvalue weighted by Crippen LogP contribution is 2.36. The molecule has 2 fully saturated rings. The van der Waals surface area contributed by atoms with Crippen molar-refractivity contribution in [2.75, 3.05) is 58.5 Å². The third-order valence-corrected chi connectivity index (χ3v) is 7.37. The predicted molar refractivity (Wildman–Crippen MR) is 123 cm³/mol. The molecule has 1 N–H and O–H groups in total. The molecule has 164 valence electrons. The molecule has 4 heterocycles. The lowest BCUT2D eigenvalue weighted by Gasteiger charge is -2.37. The molecule has 0 amide bonds. The number of rotatable bonds is 7. The highest BCUT2D eigenvalue weighted by Gasteiger charge is 2.31. The van der Waals surface area contributed by atoms with Crippen molar-refractivity contribution >= 4 is 27.4 Å². The first-order valence-electron chi connectivity index (χ1n) is 10.8. The summed E-state index contributed by atoms with van der Waals surface area (Å²) in [6, 6.07) is 10.7. The Morgan fingerprint density at radius 2 is 2.00 bits per heavy atom. The molecule has 2 aliphatic rings. The molecule has 2 unspecified atom stereocenters. The summed E-state index contributed by atoms with van der Waals surface area (Å²) in [6.45, 7) is 6.10. The first-order chi connectivity index (χ1) is 15.3. The van der Waals surface area contributed by atoms with Gasteiger partial charge in [-0.15, -0.1) is 11.3 Å². The van der Waals surface area contributed by atoms with E-state index in [1.54, 1.807) is 24.8 Å². The zero-order valence-corrected chi connectivity index (χ0v) is 18.6. The number of benzene rings is 1. The number of ether oxygens (including phenoxy) is 3. The van der Waals surface area contributed by atoms with Crippen LogP contribution in [0.4, 0.5) is 5.82 Å². The van der Waals surface area contributed by atoms with Crippen LogP contribution in [0, 0.1) is 5.92 Å². The van der Waals surface area contributed by atoms with Crippen LogP contribution in [0.1, 0.15) is 6.42 Å². The second kappa shape index (κ2) is 9.48. The van der Waals surface area contributed by atoms with Crippen molar-refractivity contribution in [2.24, 2.45) is 5.92 Å². The van der Waals surface area contributed by atoms with Crippen molar-refractivity contribution < 1.29 is 14.2 Å². The van der Waals surface area contributed by atoms with Gasteiger partial charge in [0.05, 0.1) is 37.1 Å². The van der Waals surface area contributed by atoms with Crippen LogP contribution in [-0.4, -0.2) is 74.1 Å². The summed E-state index contributed by atoms with van der Waals surface area (Å²) in [6.07, 6.45) is 2.76. The van der Waals surface area contributed by atoms with E-state index >= 15 is 0 Å². The van der Waals surface area contributed by atoms with Crippen LogP contribution < -0.4 is 10.1 Å². The minimum atomic E-state index is 0.414. The van der Waals surface area contributed by atoms with E-state index in [1.807, 2.05) is 12.1 Å². The van der Waals surface area contributed by atoms with Gasteiger partial charge in [-0.05, 0) is 42.3 Å². The van der Waals surface area contributed by atoms with Crippen LogP contribution in [0.25, 0.3) is 20.7 Å². The number of nitrogens with one attached hydrogen (secondary N) is 1. The maximum Gasteiger partial charge on any atom is 0.147 e. The first kappa shape index (κ1) is 20.6. The van der Waals surface area contributed by atoms with E-state index in [9.17, 15) is 0 Å². The van der Waals surface area contributed by atoms with Gasteiger partial charge >= 0.3 is 0 Å². The Kier molecular flexibility index (Phi) is 6.31. The molecule has 0 radical (unpaired) electrons. The van der Waals surface area contributed by atoms with Gasteiger partial charge in [-0.3, -0.25) is 4.90 Å². The van der Waals surface area contributed by atoms with E-state index in [-0.39, 0.29) is 0 Å². The van der Waals surface area contributed by atoms with E-state index in [0.717, 1.165) is 79.8 Å². The number of hydrogen-bond acceptors (Lipinski definition) is 8. The molecule has 0 spiro atoms. The Bertz CT molecular complexity index is 998. The summed E-state index contributed by atoms with van der Waals surface area (Å²) >= 11 is 1.72. The Morgan fingerprint density at radius 3 is 2.74 bits per heavy atom. The van der Waals surface area contributed by atoms with Gasteiger partial charge in [-0.2, -0.15) is 0 Å². The first-order valence-corrected chi connectivity index (χ1v) is 11.7. The lowest BCUT2D eigenvalue weighted by atomic mass is 9.97. The van der Waals surface area contributed by atoms with Gasteiger partial charge in [-0.25, -0.2) is 9.97 Å². The van der Waals surface area contributed by atoms with E-state index in [1.165, 1.54) is 4.88 Å². The predicted octanol–water partition coefficient (Wildman–Crippen LogP) is 3.52. The molecule has 0 aliphatic carbocycles. The van der Waals surface area contributed by atoms with Crippen molar-refractivity contribution in [3.8, 4) is 16.2 Å². The normalized spacial score (nSPS) is 20.7. The standard InChI is InChI=1S/C23H28N4O3S/c1-28-18-4-2-16(3-5-18)21-12-19-22(31-21)23(26-15-25-19)24-13-20(17-6-9-30-14-17)27-7-10-29-11-8-27/h2-5,12,15,17,20H,6-11,13-14H2,1H3,(H,24,25,26). The fraction of sp³-hybridized carbons (Fsp3) is 0.478. The smallest absolute Gasteiger partial charge is 0.147 e. The fourth-order valence-electron chi connectivity index (χ4n) is 4.44. The zero-order chi connectivity index (χ0) is 21.0. The third kappa shape index (κ3) is 4.52. The van der Waals surface area contributed by atoms with Crippen molar-refractivity contribution in [2.45, 2.75) is 12.5 Å². The van der Waals surface area contributed by atoms with Gasteiger partial charge in [0.25, 0.3) is 0 Å². The number of hydrogen-bond donors (Lipinski definition) is 1. The van der Waals surface area contributed by atoms with Crippen molar-refractivity contribution in [3.63, 3.8) is 0 Å². The SMILES string of the molecule is COc1ccc(-c2cc3ncnc(NCC(C4CCOC4)N4CCOCC4)c3s2)cc1. The summed E-state index contributed by atoms with van der Waals surface area (Å²) in [5.74, 6) is 2.31. The summed E-state index contributed by atoms with van der Waals surface area (Å²) in [5.41, 5.74) is 2.13. The Balaban J connectivity index is 1.36. The number of fused-ring (bicyclic) bond motifs is 1. The fourth-order valence-corrected chi connectivity index (χ4v) is 5.52. The number of aromatic nitrogens is 2. The Morgan fingerprint density at radius 1 is 1.16 bits per heavy atom. The van der Waals surface area contributed by atoms with E-state index in [2.05, 4.69) is 38.4 Å². The Labute approximate surface area is 186 Å². The highest BCUT2D eigenvalue weighted by molar-refractivity contribution is 7.22. The third-order valence-electron chi connectivity index (χ3n) is 6.19. The minimum absolute atomic E-state index is 0.414. The quantitative estimate of drug-likeness (QED) is 0.603. The van der Waals surface area contributed by atoms with Gasteiger partial charge in [0, 0.05) is 43.1 Å². The minimum Gasteiger partial charge on any atom is -0.497 e. The average molecular weight is 441 g/mol. The van der Waals surface area contributed by atoms with E-state index in [4.69, 9.17) is 14.2 Å². The number of anilines is 1. The largest absolute Gasteiger partial charge is 0.497 e. The van der Waals surface area contributed by atoms with E-state index < -0.39 is 0 Å². The van der Waals surface area contributed by atoms with Gasteiger partial charge in [0.15, 0.2) is 0 Å². The summed E-state index contributed by atoms with van der Waals surface area (Å²) in [5, 5.41) is 3.65. The molecule has 7 nitrogen and oxygen atoms in total. The zero-order valence-electron chi connectivity index (χ0n) is 17.8. The molecule has 2 atom stereocenters. The van der Waals surface area contributed by atoms with Crippen LogP contribution in [0.2, 0.25) is 0 Å². The summed E-state index contributed by atoms with van der Waals surface area (Å²) in [4.78, 5) is 12.8. The van der Waals surface area contributed by atoms with Crippen LogP contribution in [0.15, 0.2) is 36.7 Å². The second-order valence-electron chi connectivity index (χ2n) is 8.00. The molecule has 2 saturated heterocycles.